The highest BCUT2D eigenvalue weighted by molar-refractivity contribution is 5.49. The molecule has 6 nitrogen and oxygen atoms in total. The zero-order valence-corrected chi connectivity index (χ0v) is 13.5. The fourth-order valence-corrected chi connectivity index (χ4v) is 3.26. The van der Waals surface area contributed by atoms with Crippen LogP contribution in [0.3, 0.4) is 0 Å². The van der Waals surface area contributed by atoms with Gasteiger partial charge in [0, 0.05) is 37.0 Å². The number of H-pyrrole nitrogens is 1. The minimum atomic E-state index is -0.258. The molecule has 1 aliphatic heterocycles. The number of hydrogen-bond acceptors (Lipinski definition) is 3. The number of nitrogens with zero attached hydrogens (tertiary/aromatic N) is 3. The van der Waals surface area contributed by atoms with Gasteiger partial charge in [-0.05, 0) is 37.6 Å². The van der Waals surface area contributed by atoms with E-state index in [1.807, 2.05) is 0 Å². The van der Waals surface area contributed by atoms with Crippen LogP contribution in [0.5, 0.6) is 0 Å². The summed E-state index contributed by atoms with van der Waals surface area (Å²) in [6.45, 7) is 4.62. The van der Waals surface area contributed by atoms with Crippen LogP contribution in [-0.2, 0) is 6.42 Å². The van der Waals surface area contributed by atoms with Crippen molar-refractivity contribution in [3.05, 3.63) is 63.7 Å². The van der Waals surface area contributed by atoms with Crippen LogP contribution >= 0.6 is 0 Å². The van der Waals surface area contributed by atoms with Crippen molar-refractivity contribution in [1.82, 2.24) is 24.6 Å². The van der Waals surface area contributed by atoms with Crippen LogP contribution in [0.2, 0.25) is 0 Å². The first-order chi connectivity index (χ1) is 11.6. The van der Waals surface area contributed by atoms with Gasteiger partial charge >= 0.3 is 5.69 Å². The number of rotatable bonds is 2. The average molecular weight is 327 g/mol. The van der Waals surface area contributed by atoms with Crippen molar-refractivity contribution in [2.24, 2.45) is 0 Å². The number of halogens is 1. The van der Waals surface area contributed by atoms with Crippen molar-refractivity contribution in [2.45, 2.75) is 26.3 Å². The van der Waals surface area contributed by atoms with Gasteiger partial charge in [-0.15, -0.1) is 0 Å². The number of aromatic nitrogens is 4. The van der Waals surface area contributed by atoms with E-state index >= 15 is 0 Å². The summed E-state index contributed by atoms with van der Waals surface area (Å²) >= 11 is 0. The van der Waals surface area contributed by atoms with Crippen molar-refractivity contribution in [1.29, 1.82) is 0 Å². The Morgan fingerprint density at radius 3 is 2.92 bits per heavy atom. The summed E-state index contributed by atoms with van der Waals surface area (Å²) in [4.78, 5) is 14.9. The maximum absolute atomic E-state index is 13.6. The van der Waals surface area contributed by atoms with E-state index in [-0.39, 0.29) is 17.5 Å². The summed E-state index contributed by atoms with van der Waals surface area (Å²) in [7, 11) is 0. The van der Waals surface area contributed by atoms with Crippen LogP contribution in [0.1, 0.15) is 29.8 Å². The van der Waals surface area contributed by atoms with Crippen molar-refractivity contribution < 1.29 is 4.39 Å². The second kappa shape index (κ2) is 5.45. The predicted octanol–water partition coefficient (Wildman–Crippen LogP) is 2.01. The third-order valence-electron chi connectivity index (χ3n) is 4.48. The third-order valence-corrected chi connectivity index (χ3v) is 4.48. The predicted molar refractivity (Wildman–Crippen MR) is 88.3 cm³/mol. The number of benzene rings is 1. The Morgan fingerprint density at radius 2 is 2.21 bits per heavy atom. The Hall–Kier alpha value is -2.67. The van der Waals surface area contributed by atoms with Crippen LogP contribution in [0, 0.1) is 12.7 Å². The molecule has 124 valence electrons. The van der Waals surface area contributed by atoms with Gasteiger partial charge in [0.2, 0.25) is 0 Å². The number of nitrogens with one attached hydrogen (secondary N) is 2. The second-order valence-corrected chi connectivity index (χ2v) is 6.09. The van der Waals surface area contributed by atoms with Crippen molar-refractivity contribution >= 4 is 0 Å². The van der Waals surface area contributed by atoms with Gasteiger partial charge in [-0.3, -0.25) is 4.57 Å². The normalized spacial score (nSPS) is 17.0. The fraction of sp³-hybridized carbons (Fsp3) is 0.294. The average Bonchev–Trinajstić information content (AvgIpc) is 3.14. The van der Waals surface area contributed by atoms with Gasteiger partial charge in [0.1, 0.15) is 11.6 Å². The van der Waals surface area contributed by atoms with E-state index < -0.39 is 0 Å². The molecule has 0 radical (unpaired) electrons. The van der Waals surface area contributed by atoms with E-state index in [2.05, 4.69) is 17.2 Å². The lowest BCUT2D eigenvalue weighted by Crippen LogP contribution is -2.29. The number of aryl methyl sites for hydroxylation is 1. The number of fused-ring (bicyclic) bond motifs is 1. The SMILES string of the molecule is Cc1cc(-n2nc3c(c2-n2cc[nH]c2=O)[C@H](C)NCC3)ccc1F. The summed E-state index contributed by atoms with van der Waals surface area (Å²) in [6.07, 6.45) is 4.08. The fourth-order valence-electron chi connectivity index (χ4n) is 3.26. The zero-order chi connectivity index (χ0) is 16.8. The molecule has 0 amide bonds. The summed E-state index contributed by atoms with van der Waals surface area (Å²) in [6, 6.07) is 4.94. The van der Waals surface area contributed by atoms with Crippen LogP contribution < -0.4 is 11.0 Å². The van der Waals surface area contributed by atoms with E-state index in [1.165, 1.54) is 6.07 Å². The minimum Gasteiger partial charge on any atom is -0.312 e. The highest BCUT2D eigenvalue weighted by Gasteiger charge is 2.28. The summed E-state index contributed by atoms with van der Waals surface area (Å²) in [5.74, 6) is 0.438. The second-order valence-electron chi connectivity index (χ2n) is 6.09. The molecule has 24 heavy (non-hydrogen) atoms. The Morgan fingerprint density at radius 1 is 1.38 bits per heavy atom. The van der Waals surface area contributed by atoms with Gasteiger partial charge in [0.25, 0.3) is 0 Å². The molecule has 0 saturated heterocycles. The smallest absolute Gasteiger partial charge is 0.312 e. The lowest BCUT2D eigenvalue weighted by molar-refractivity contribution is 0.536. The first kappa shape index (κ1) is 14.9. The Labute approximate surface area is 137 Å². The Balaban J connectivity index is 2.02. The van der Waals surface area contributed by atoms with Crippen LogP contribution in [0.25, 0.3) is 11.5 Å². The lowest BCUT2D eigenvalue weighted by atomic mass is 10.0. The molecule has 1 atom stereocenters. The Kier molecular flexibility index (Phi) is 3.38. The van der Waals surface area contributed by atoms with E-state index in [0.717, 1.165) is 29.9 Å². The molecule has 0 spiro atoms. The maximum atomic E-state index is 13.6. The topological polar surface area (TPSA) is 67.6 Å². The van der Waals surface area contributed by atoms with Crippen LogP contribution in [0.15, 0.2) is 35.4 Å². The first-order valence-corrected chi connectivity index (χ1v) is 7.94. The Bertz CT molecular complexity index is 968. The molecule has 3 heterocycles. The van der Waals surface area contributed by atoms with Gasteiger partial charge in [-0.2, -0.15) is 5.10 Å². The molecule has 7 heteroatoms. The van der Waals surface area contributed by atoms with Gasteiger partial charge in [0.15, 0.2) is 0 Å². The summed E-state index contributed by atoms with van der Waals surface area (Å²) < 4.78 is 16.9. The third kappa shape index (κ3) is 2.20. The highest BCUT2D eigenvalue weighted by Crippen LogP contribution is 2.30. The zero-order valence-electron chi connectivity index (χ0n) is 13.5. The van der Waals surface area contributed by atoms with Crippen LogP contribution in [0.4, 0.5) is 4.39 Å². The van der Waals surface area contributed by atoms with Crippen molar-refractivity contribution in [2.75, 3.05) is 6.54 Å². The molecule has 0 saturated carbocycles. The molecule has 0 fully saturated rings. The van der Waals surface area contributed by atoms with Crippen molar-refractivity contribution in [3.63, 3.8) is 0 Å². The maximum Gasteiger partial charge on any atom is 0.331 e. The molecule has 1 aromatic carbocycles. The molecular weight excluding hydrogens is 309 g/mol. The van der Waals surface area contributed by atoms with E-state index in [9.17, 15) is 9.18 Å². The molecule has 0 bridgehead atoms. The quantitative estimate of drug-likeness (QED) is 0.756. The minimum absolute atomic E-state index is 0.0841. The standard InChI is InChI=1S/C17H18FN5O/c1-10-9-12(3-4-13(10)18)23-16(22-8-7-20-17(22)24)15-11(2)19-6-5-14(15)21-23/h3-4,7-9,11,19H,5-6H2,1-2H3,(H,20,24)/t11-/m0/s1. The molecule has 1 aliphatic rings. The first-order valence-electron chi connectivity index (χ1n) is 7.94. The van der Waals surface area contributed by atoms with E-state index in [0.29, 0.717) is 11.4 Å². The summed E-state index contributed by atoms with van der Waals surface area (Å²) in [5, 5.41) is 8.13. The van der Waals surface area contributed by atoms with E-state index in [4.69, 9.17) is 5.10 Å². The molecule has 2 N–H and O–H groups in total. The molecule has 2 aromatic heterocycles. The number of aromatic amines is 1. The number of hydrogen-bond donors (Lipinski definition) is 2. The lowest BCUT2D eigenvalue weighted by Gasteiger charge is -2.20. The van der Waals surface area contributed by atoms with Gasteiger partial charge in [0.05, 0.1) is 11.4 Å². The van der Waals surface area contributed by atoms with Gasteiger partial charge in [-0.1, -0.05) is 0 Å². The summed E-state index contributed by atoms with van der Waals surface area (Å²) in [5.41, 5.74) is 3.02. The van der Waals surface area contributed by atoms with Gasteiger partial charge < -0.3 is 10.3 Å². The molecule has 3 aromatic rings. The largest absolute Gasteiger partial charge is 0.331 e. The van der Waals surface area contributed by atoms with Gasteiger partial charge in [-0.25, -0.2) is 13.9 Å². The monoisotopic (exact) mass is 327 g/mol. The van der Waals surface area contributed by atoms with E-state index in [1.54, 1.807) is 40.7 Å². The van der Waals surface area contributed by atoms with Crippen LogP contribution in [-0.4, -0.2) is 25.9 Å². The highest BCUT2D eigenvalue weighted by atomic mass is 19.1. The number of imidazole rings is 1. The molecule has 0 unspecified atom stereocenters. The molecule has 0 aliphatic carbocycles. The van der Waals surface area contributed by atoms with Crippen molar-refractivity contribution in [3.8, 4) is 11.5 Å². The molecular formula is C17H18FN5O. The molecule has 4 rings (SSSR count).